The second-order valence-electron chi connectivity index (χ2n) is 20.3. The van der Waals surface area contributed by atoms with Gasteiger partial charge in [-0.15, -0.1) is 34.0 Å². The van der Waals surface area contributed by atoms with E-state index < -0.39 is 0 Å². The van der Waals surface area contributed by atoms with E-state index in [4.69, 9.17) is 39.1 Å². The maximum Gasteiger partial charge on any atom is 0.214 e. The van der Waals surface area contributed by atoms with Crippen molar-refractivity contribution in [3.63, 3.8) is 0 Å². The maximum atomic E-state index is 6.61. The van der Waals surface area contributed by atoms with Crippen molar-refractivity contribution in [3.05, 3.63) is 192 Å². The normalized spacial score (nSPS) is 12.7. The van der Waals surface area contributed by atoms with Crippen LogP contribution in [0.2, 0.25) is 0 Å². The molecule has 0 aliphatic carbocycles. The Kier molecular flexibility index (Phi) is 11.8. The molecule has 5 aromatic heterocycles. The molecule has 9 heterocycles. The van der Waals surface area contributed by atoms with Gasteiger partial charge in [0.15, 0.2) is 0 Å². The fraction of sp³-hybridized carbons (Fsp3) is 0.111. The van der Waals surface area contributed by atoms with Crippen LogP contribution in [-0.2, 0) is 49.2 Å². The Morgan fingerprint density at radius 3 is 1.37 bits per heavy atom. The Morgan fingerprint density at radius 1 is 0.462 bits per heavy atom. The minimum absolute atomic E-state index is 0. The topological polar surface area (TPSA) is 103 Å². The summed E-state index contributed by atoms with van der Waals surface area (Å²) in [6, 6.07) is 47.2. The zero-order valence-corrected chi connectivity index (χ0v) is 47.6. The molecule has 11 aromatic rings. The molecule has 0 spiro atoms. The van der Waals surface area contributed by atoms with Crippen molar-refractivity contribution in [2.24, 2.45) is 7.05 Å². The molecule has 15 heteroatoms. The van der Waals surface area contributed by atoms with Crippen molar-refractivity contribution < 1.29 is 61.1 Å². The van der Waals surface area contributed by atoms with Crippen molar-refractivity contribution in [2.75, 3.05) is 0 Å². The molecule has 6 aromatic carbocycles. The molecule has 11 nitrogen and oxygen atoms in total. The SMILES string of the molecule is Cc1cc(C)c(-c2cnn(-c3[c-]c4c(nc3)Oc3cccc5c3B4c3[c-]c(-c4[c-]c(-c6[c-]c7c(cc6)Oc6cccc8c6B7c6[c-]c(-n7cc(-c9c(C)cc(C)cc9C)cn7)cnc6O8)n(C)[c-]4)ccc3O5)c2)c(C)c1.[Pt].[Pt]. The van der Waals surface area contributed by atoms with Crippen LogP contribution < -0.4 is 51.7 Å². The van der Waals surface area contributed by atoms with Crippen LogP contribution in [0.15, 0.2) is 122 Å². The molecule has 0 unspecified atom stereocenters. The van der Waals surface area contributed by atoms with Crippen molar-refractivity contribution in [1.82, 2.24) is 34.1 Å². The molecule has 0 saturated heterocycles. The predicted molar refractivity (Wildman–Crippen MR) is 294 cm³/mol. The summed E-state index contributed by atoms with van der Waals surface area (Å²) in [6.45, 7) is 12.1. The third-order valence-corrected chi connectivity index (χ3v) is 15.1. The monoisotopic (exact) mass is 1370 g/mol. The zero-order valence-electron chi connectivity index (χ0n) is 43.1. The van der Waals surface area contributed by atoms with Crippen molar-refractivity contribution in [1.29, 1.82) is 0 Å². The molecule has 0 bridgehead atoms. The molecule has 0 saturated carbocycles. The van der Waals surface area contributed by atoms with Gasteiger partial charge in [-0.1, -0.05) is 59.9 Å². The van der Waals surface area contributed by atoms with Crippen LogP contribution in [0, 0.1) is 78.1 Å². The summed E-state index contributed by atoms with van der Waals surface area (Å²) in [7, 11) is 1.97. The van der Waals surface area contributed by atoms with E-state index in [1.54, 1.807) is 12.4 Å². The fourth-order valence-corrected chi connectivity index (χ4v) is 12.0. The Hall–Kier alpha value is -7.97. The van der Waals surface area contributed by atoms with Gasteiger partial charge in [0.25, 0.3) is 0 Å². The summed E-state index contributed by atoms with van der Waals surface area (Å²) in [5.41, 5.74) is 21.2. The molecule has 4 aliphatic heterocycles. The average molecular weight is 1370 g/mol. The number of ether oxygens (including phenoxy) is 4. The van der Waals surface area contributed by atoms with E-state index >= 15 is 0 Å². The van der Waals surface area contributed by atoms with Crippen LogP contribution >= 0.6 is 0 Å². The first-order chi connectivity index (χ1) is 37.0. The molecule has 0 atom stereocenters. The van der Waals surface area contributed by atoms with Gasteiger partial charge in [0, 0.05) is 88.1 Å². The number of benzene rings is 6. The van der Waals surface area contributed by atoms with Gasteiger partial charge >= 0.3 is 0 Å². The van der Waals surface area contributed by atoms with Crippen molar-refractivity contribution in [3.8, 4) is 102 Å². The quantitative estimate of drug-likeness (QED) is 0.120. The van der Waals surface area contributed by atoms with E-state index in [2.05, 4.69) is 102 Å². The van der Waals surface area contributed by atoms with Crippen LogP contribution in [-0.4, -0.2) is 47.5 Å². The summed E-state index contributed by atoms with van der Waals surface area (Å²) in [5.74, 6) is 5.10. The van der Waals surface area contributed by atoms with Gasteiger partial charge in [0.05, 0.1) is 24.2 Å². The largest absolute Gasteiger partial charge is 0.520 e. The van der Waals surface area contributed by atoms with E-state index in [0.29, 0.717) is 57.6 Å². The summed E-state index contributed by atoms with van der Waals surface area (Å²) in [6.07, 6.45) is 15.0. The first kappa shape index (κ1) is 49.6. The number of hydrogen-bond acceptors (Lipinski definition) is 8. The first-order valence-electron chi connectivity index (χ1n) is 25.2. The number of nitrogens with zero attached hydrogens (tertiary/aromatic N) is 7. The van der Waals surface area contributed by atoms with Gasteiger partial charge in [-0.2, -0.15) is 22.3 Å². The molecular weight excluding hydrogens is 1330 g/mol. The Bertz CT molecular complexity index is 4260. The van der Waals surface area contributed by atoms with Gasteiger partial charge in [0.1, 0.15) is 23.0 Å². The van der Waals surface area contributed by atoms with Crippen LogP contribution in [0.4, 0.5) is 0 Å². The van der Waals surface area contributed by atoms with Crippen LogP contribution in [0.3, 0.4) is 0 Å². The second kappa shape index (κ2) is 18.6. The fourth-order valence-electron chi connectivity index (χ4n) is 12.0. The first-order valence-corrected chi connectivity index (χ1v) is 25.2. The zero-order chi connectivity index (χ0) is 51.2. The van der Waals surface area contributed by atoms with Gasteiger partial charge < -0.3 is 50.7 Å². The minimum Gasteiger partial charge on any atom is -0.520 e. The molecule has 0 radical (unpaired) electrons. The molecular formula is C63H41B2N7O4Pt2-6. The molecule has 15 rings (SSSR count). The standard InChI is InChI=1S/C63H41B2N7O4.2Pt/c1-34-18-36(3)58(37(4)19-34)43-27-68-71(32-43)45-25-49-62(66-29-45)75-56-12-8-10-54-60(56)64(49)47-22-40(14-16-52(47)73-54)42-24-51(70(7)31-42)41-15-17-53-48(23-41)65-50-26-46(30-67-63(50)76-57-13-9-11-55(74-53)61(57)65)72-33-44(28-69-72)59-38(5)20-35(2)21-39(59)6;;/h8-21,27-30,32-33H,1-7H3;;/q-6;;. The number of pyridine rings is 2. The summed E-state index contributed by atoms with van der Waals surface area (Å²) in [5, 5.41) is 9.61. The third-order valence-electron chi connectivity index (χ3n) is 15.1. The average Bonchev–Trinajstić information content (AvgIpc) is 4.23. The maximum absolute atomic E-state index is 6.61. The van der Waals surface area contributed by atoms with E-state index in [-0.39, 0.29) is 55.6 Å². The second-order valence-corrected chi connectivity index (χ2v) is 20.3. The Labute approximate surface area is 480 Å². The van der Waals surface area contributed by atoms with Gasteiger partial charge in [0.2, 0.25) is 13.4 Å². The van der Waals surface area contributed by atoms with Crippen LogP contribution in [0.25, 0.3) is 56.0 Å². The van der Waals surface area contributed by atoms with Crippen LogP contribution in [0.1, 0.15) is 33.4 Å². The summed E-state index contributed by atoms with van der Waals surface area (Å²) >= 11 is 0. The van der Waals surface area contributed by atoms with Crippen molar-refractivity contribution in [2.45, 2.75) is 41.5 Å². The molecule has 0 N–H and O–H groups in total. The van der Waals surface area contributed by atoms with E-state index in [1.807, 2.05) is 106 Å². The smallest absolute Gasteiger partial charge is 0.214 e. The predicted octanol–water partition coefficient (Wildman–Crippen LogP) is 8.96. The number of aryl methyl sites for hydroxylation is 7. The number of rotatable bonds is 6. The van der Waals surface area contributed by atoms with E-state index in [0.717, 1.165) is 66.3 Å². The third kappa shape index (κ3) is 7.79. The van der Waals surface area contributed by atoms with E-state index in [1.165, 1.54) is 44.5 Å². The molecule has 4 aliphatic rings. The Balaban J connectivity index is 0.00000289. The number of hydrogen-bond donors (Lipinski definition) is 0. The van der Waals surface area contributed by atoms with Gasteiger partial charge in [-0.05, 0) is 118 Å². The molecule has 0 fully saturated rings. The number of fused-ring (bicyclic) bond motifs is 8. The summed E-state index contributed by atoms with van der Waals surface area (Å²) < 4.78 is 31.8. The molecule has 0 amide bonds. The van der Waals surface area contributed by atoms with Gasteiger partial charge in [-0.3, -0.25) is 14.9 Å². The Morgan fingerprint density at radius 2 is 0.897 bits per heavy atom. The minimum atomic E-state index is -0.348. The molecule has 78 heavy (non-hydrogen) atoms. The van der Waals surface area contributed by atoms with E-state index in [9.17, 15) is 0 Å². The van der Waals surface area contributed by atoms with Gasteiger partial charge in [-0.25, -0.2) is 36.2 Å². The van der Waals surface area contributed by atoms with Crippen molar-refractivity contribution >= 4 is 46.2 Å². The molecule has 384 valence electrons. The summed E-state index contributed by atoms with van der Waals surface area (Å²) in [4.78, 5) is 9.76. The number of aromatic nitrogens is 7. The van der Waals surface area contributed by atoms with Crippen LogP contribution in [0.5, 0.6) is 46.3 Å².